The summed E-state index contributed by atoms with van der Waals surface area (Å²) < 4.78 is 28.1. The van der Waals surface area contributed by atoms with Crippen LogP contribution in [0.3, 0.4) is 0 Å². The molecule has 0 aliphatic heterocycles. The SMILES string of the molecule is CCC(C)(CCO)NS(=O)(=O)c1c(Cl)cc(Br)cc1Cl. The number of rotatable bonds is 6. The van der Waals surface area contributed by atoms with Gasteiger partial charge in [0.05, 0.1) is 10.0 Å². The monoisotopic (exact) mass is 403 g/mol. The minimum atomic E-state index is -3.88. The highest BCUT2D eigenvalue weighted by molar-refractivity contribution is 9.10. The lowest BCUT2D eigenvalue weighted by Gasteiger charge is -2.29. The third-order valence-electron chi connectivity index (χ3n) is 3.06. The molecule has 0 radical (unpaired) electrons. The molecule has 0 heterocycles. The van der Waals surface area contributed by atoms with Crippen LogP contribution in [0.1, 0.15) is 26.7 Å². The van der Waals surface area contributed by atoms with Gasteiger partial charge in [-0.25, -0.2) is 13.1 Å². The third kappa shape index (κ3) is 4.32. The molecule has 1 aromatic rings. The first-order chi connectivity index (χ1) is 9.15. The van der Waals surface area contributed by atoms with Gasteiger partial charge >= 0.3 is 0 Å². The molecule has 1 atom stereocenters. The fourth-order valence-corrected chi connectivity index (χ4v) is 5.15. The fourth-order valence-electron chi connectivity index (χ4n) is 1.71. The minimum Gasteiger partial charge on any atom is -0.396 e. The predicted molar refractivity (Wildman–Crippen MR) is 84.9 cm³/mol. The van der Waals surface area contributed by atoms with Crippen molar-refractivity contribution in [3.63, 3.8) is 0 Å². The van der Waals surface area contributed by atoms with E-state index < -0.39 is 15.6 Å². The average molecular weight is 405 g/mol. The molecule has 0 saturated heterocycles. The van der Waals surface area contributed by atoms with Crippen LogP contribution in [-0.2, 0) is 10.0 Å². The number of sulfonamides is 1. The maximum atomic E-state index is 12.5. The van der Waals surface area contributed by atoms with Gasteiger partial charge in [0.2, 0.25) is 10.0 Å². The second-order valence-corrected chi connectivity index (χ2v) is 8.04. The molecule has 0 aliphatic rings. The zero-order chi connectivity index (χ0) is 15.6. The topological polar surface area (TPSA) is 66.4 Å². The summed E-state index contributed by atoms with van der Waals surface area (Å²) in [6.45, 7) is 3.44. The maximum Gasteiger partial charge on any atom is 0.244 e. The van der Waals surface area contributed by atoms with E-state index in [1.807, 2.05) is 6.92 Å². The van der Waals surface area contributed by atoms with Crippen LogP contribution >= 0.6 is 39.1 Å². The van der Waals surface area contributed by atoms with Crippen molar-refractivity contribution in [2.45, 2.75) is 37.1 Å². The molecule has 0 aliphatic carbocycles. The van der Waals surface area contributed by atoms with Gasteiger partial charge < -0.3 is 5.11 Å². The number of halogens is 3. The lowest BCUT2D eigenvalue weighted by Crippen LogP contribution is -2.46. The molecular formula is C12H16BrCl2NO3S. The Morgan fingerprint density at radius 1 is 1.35 bits per heavy atom. The van der Waals surface area contributed by atoms with Crippen LogP contribution in [-0.4, -0.2) is 25.7 Å². The number of aliphatic hydroxyl groups excluding tert-OH is 1. The van der Waals surface area contributed by atoms with Gasteiger partial charge in [-0.1, -0.05) is 46.1 Å². The third-order valence-corrected chi connectivity index (χ3v) is 6.07. The highest BCUT2D eigenvalue weighted by atomic mass is 79.9. The first kappa shape index (κ1) is 18.2. The van der Waals surface area contributed by atoms with E-state index in [4.69, 9.17) is 28.3 Å². The molecule has 0 amide bonds. The van der Waals surface area contributed by atoms with Crippen LogP contribution in [0.2, 0.25) is 10.0 Å². The molecule has 1 rings (SSSR count). The van der Waals surface area contributed by atoms with Crippen LogP contribution in [0.5, 0.6) is 0 Å². The molecular weight excluding hydrogens is 389 g/mol. The molecule has 0 saturated carbocycles. The van der Waals surface area contributed by atoms with Gasteiger partial charge in [-0.15, -0.1) is 0 Å². The van der Waals surface area contributed by atoms with Crippen molar-refractivity contribution in [1.82, 2.24) is 4.72 Å². The van der Waals surface area contributed by atoms with Gasteiger partial charge in [-0.2, -0.15) is 0 Å². The number of hydrogen-bond donors (Lipinski definition) is 2. The van der Waals surface area contributed by atoms with Crippen molar-refractivity contribution in [2.24, 2.45) is 0 Å². The lowest BCUT2D eigenvalue weighted by molar-refractivity contribution is 0.233. The quantitative estimate of drug-likeness (QED) is 0.761. The summed E-state index contributed by atoms with van der Waals surface area (Å²) in [6.07, 6.45) is 0.826. The smallest absolute Gasteiger partial charge is 0.244 e. The Balaban J connectivity index is 3.25. The van der Waals surface area contributed by atoms with Gasteiger partial charge in [-0.05, 0) is 31.9 Å². The summed E-state index contributed by atoms with van der Waals surface area (Å²) in [5.41, 5.74) is -0.757. The van der Waals surface area contributed by atoms with E-state index in [1.165, 1.54) is 12.1 Å². The first-order valence-electron chi connectivity index (χ1n) is 5.94. The number of aliphatic hydroxyl groups is 1. The Hall–Kier alpha value is 0.150. The molecule has 1 unspecified atom stereocenters. The summed E-state index contributed by atoms with van der Waals surface area (Å²) in [6, 6.07) is 2.94. The van der Waals surface area contributed by atoms with Gasteiger partial charge in [0, 0.05) is 16.6 Å². The molecule has 20 heavy (non-hydrogen) atoms. The largest absolute Gasteiger partial charge is 0.396 e. The molecule has 0 aromatic heterocycles. The second-order valence-electron chi connectivity index (χ2n) is 4.69. The molecule has 4 nitrogen and oxygen atoms in total. The van der Waals surface area contributed by atoms with Gasteiger partial charge in [0.25, 0.3) is 0 Å². The summed E-state index contributed by atoms with van der Waals surface area (Å²) >= 11 is 15.2. The standard InChI is InChI=1S/C12H16BrCl2NO3S/c1-3-12(2,4-5-17)16-20(18,19)11-9(14)6-8(13)7-10(11)15/h6-7,16-17H,3-5H2,1-2H3. The summed E-state index contributed by atoms with van der Waals surface area (Å²) in [5, 5.41) is 9.13. The minimum absolute atomic E-state index is 0.0410. The molecule has 114 valence electrons. The number of nitrogens with one attached hydrogen (secondary N) is 1. The van der Waals surface area contributed by atoms with E-state index in [0.717, 1.165) is 0 Å². The van der Waals surface area contributed by atoms with Crippen LogP contribution in [0.25, 0.3) is 0 Å². The summed E-state index contributed by atoms with van der Waals surface area (Å²) in [7, 11) is -3.88. The van der Waals surface area contributed by atoms with E-state index in [1.54, 1.807) is 6.92 Å². The summed E-state index contributed by atoms with van der Waals surface area (Å²) in [4.78, 5) is -0.151. The molecule has 2 N–H and O–H groups in total. The van der Waals surface area contributed by atoms with Crippen molar-refractivity contribution in [2.75, 3.05) is 6.61 Å². The zero-order valence-corrected chi connectivity index (χ0v) is 15.0. The van der Waals surface area contributed by atoms with Crippen molar-refractivity contribution in [1.29, 1.82) is 0 Å². The van der Waals surface area contributed by atoms with E-state index in [2.05, 4.69) is 20.7 Å². The zero-order valence-electron chi connectivity index (χ0n) is 11.1. The predicted octanol–water partition coefficient (Wildman–Crippen LogP) is 3.59. The second kappa shape index (κ2) is 6.94. The molecule has 0 spiro atoms. The van der Waals surface area contributed by atoms with Crippen molar-refractivity contribution >= 4 is 49.2 Å². The number of hydrogen-bond acceptors (Lipinski definition) is 3. The highest BCUT2D eigenvalue weighted by Crippen LogP contribution is 2.33. The Morgan fingerprint density at radius 3 is 2.25 bits per heavy atom. The summed E-state index contributed by atoms with van der Waals surface area (Å²) in [5.74, 6) is 0. The van der Waals surface area contributed by atoms with Crippen LogP contribution in [0, 0.1) is 0 Å². The van der Waals surface area contributed by atoms with E-state index in [9.17, 15) is 8.42 Å². The molecule has 1 aromatic carbocycles. The van der Waals surface area contributed by atoms with E-state index in [-0.39, 0.29) is 21.5 Å². The normalized spacial score (nSPS) is 15.1. The Morgan fingerprint density at radius 2 is 1.85 bits per heavy atom. The van der Waals surface area contributed by atoms with Gasteiger partial charge in [0.1, 0.15) is 4.90 Å². The average Bonchev–Trinajstić information content (AvgIpc) is 2.26. The highest BCUT2D eigenvalue weighted by Gasteiger charge is 2.31. The van der Waals surface area contributed by atoms with Gasteiger partial charge in [0.15, 0.2) is 0 Å². The van der Waals surface area contributed by atoms with Crippen molar-refractivity contribution in [3.8, 4) is 0 Å². The van der Waals surface area contributed by atoms with Crippen molar-refractivity contribution in [3.05, 3.63) is 26.7 Å². The Kier molecular flexibility index (Phi) is 6.32. The van der Waals surface area contributed by atoms with Crippen LogP contribution < -0.4 is 4.72 Å². The maximum absolute atomic E-state index is 12.5. The van der Waals surface area contributed by atoms with E-state index >= 15 is 0 Å². The van der Waals surface area contributed by atoms with Crippen LogP contribution in [0.4, 0.5) is 0 Å². The Bertz CT molecular complexity index is 571. The van der Waals surface area contributed by atoms with Crippen molar-refractivity contribution < 1.29 is 13.5 Å². The number of benzene rings is 1. The first-order valence-corrected chi connectivity index (χ1v) is 8.98. The molecule has 8 heteroatoms. The fraction of sp³-hybridized carbons (Fsp3) is 0.500. The lowest BCUT2D eigenvalue weighted by atomic mass is 9.97. The molecule has 0 bridgehead atoms. The van der Waals surface area contributed by atoms with Gasteiger partial charge in [-0.3, -0.25) is 0 Å². The molecule has 0 fully saturated rings. The van der Waals surface area contributed by atoms with E-state index in [0.29, 0.717) is 17.3 Å². The Labute approximate surface area is 137 Å². The van der Waals surface area contributed by atoms with Crippen LogP contribution in [0.15, 0.2) is 21.5 Å².